The fourth-order valence-corrected chi connectivity index (χ4v) is 2.21. The van der Waals surface area contributed by atoms with Crippen LogP contribution in [0.2, 0.25) is 0 Å². The lowest BCUT2D eigenvalue weighted by Gasteiger charge is -2.13. The Hall–Kier alpha value is -2.30. The maximum atomic E-state index is 5.61. The predicted octanol–water partition coefficient (Wildman–Crippen LogP) is 3.30. The van der Waals surface area contributed by atoms with Crippen molar-refractivity contribution in [2.75, 3.05) is 5.32 Å². The van der Waals surface area contributed by atoms with Crippen molar-refractivity contribution in [2.24, 2.45) is 7.05 Å². The van der Waals surface area contributed by atoms with E-state index in [0.717, 1.165) is 34.7 Å². The van der Waals surface area contributed by atoms with Gasteiger partial charge in [0.1, 0.15) is 5.52 Å². The van der Waals surface area contributed by atoms with Gasteiger partial charge >= 0.3 is 0 Å². The second-order valence-corrected chi connectivity index (χ2v) is 4.96. The van der Waals surface area contributed by atoms with Crippen LogP contribution in [0, 0.1) is 0 Å². The Morgan fingerprint density at radius 3 is 2.95 bits per heavy atom. The minimum Gasteiger partial charge on any atom is -0.441 e. The van der Waals surface area contributed by atoms with Crippen LogP contribution in [0.15, 0.2) is 35.0 Å². The summed E-state index contributed by atoms with van der Waals surface area (Å²) in [5.74, 6) is 0.775. The zero-order valence-corrected chi connectivity index (χ0v) is 11.9. The fraction of sp³-hybridized carbons (Fsp3) is 0.333. The maximum absolute atomic E-state index is 5.61. The number of hydrogen-bond acceptors (Lipinski definition) is 4. The maximum Gasteiger partial charge on any atom is 0.195 e. The van der Waals surface area contributed by atoms with E-state index in [1.165, 1.54) is 0 Å². The molecule has 1 atom stereocenters. The highest BCUT2D eigenvalue weighted by atomic mass is 16.3. The van der Waals surface area contributed by atoms with Crippen LogP contribution in [0.1, 0.15) is 31.3 Å². The standard InChI is InChI=1S/C15H18N4O/c1-4-15-18-13-7-12(5-6-14(13)20-15)17-10(2)11-8-16-19(3)9-11/h5-10,17H,4H2,1-3H3. The van der Waals surface area contributed by atoms with Gasteiger partial charge in [-0.3, -0.25) is 4.68 Å². The minimum atomic E-state index is 0.193. The van der Waals surface area contributed by atoms with E-state index >= 15 is 0 Å². The third kappa shape index (κ3) is 2.39. The van der Waals surface area contributed by atoms with Gasteiger partial charge in [-0.15, -0.1) is 0 Å². The van der Waals surface area contributed by atoms with Gasteiger partial charge in [-0.2, -0.15) is 5.10 Å². The second-order valence-electron chi connectivity index (χ2n) is 4.96. The monoisotopic (exact) mass is 270 g/mol. The zero-order chi connectivity index (χ0) is 14.1. The van der Waals surface area contributed by atoms with E-state index in [4.69, 9.17) is 4.42 Å². The number of nitrogens with one attached hydrogen (secondary N) is 1. The summed E-state index contributed by atoms with van der Waals surface area (Å²) in [7, 11) is 1.92. The van der Waals surface area contributed by atoms with E-state index in [1.54, 1.807) is 0 Å². The molecule has 2 heterocycles. The largest absolute Gasteiger partial charge is 0.441 e. The Kier molecular flexibility index (Phi) is 3.18. The van der Waals surface area contributed by atoms with Crippen LogP contribution < -0.4 is 5.32 Å². The number of aromatic nitrogens is 3. The molecule has 1 N–H and O–H groups in total. The molecule has 1 unspecified atom stereocenters. The molecular weight excluding hydrogens is 252 g/mol. The van der Waals surface area contributed by atoms with Gasteiger partial charge in [-0.25, -0.2) is 4.98 Å². The van der Waals surface area contributed by atoms with Gasteiger partial charge < -0.3 is 9.73 Å². The first kappa shape index (κ1) is 12.7. The molecule has 3 rings (SSSR count). The number of hydrogen-bond donors (Lipinski definition) is 1. The SMILES string of the molecule is CCc1nc2cc(NC(C)c3cnn(C)c3)ccc2o1. The average molecular weight is 270 g/mol. The normalized spacial score (nSPS) is 12.8. The van der Waals surface area contributed by atoms with Crippen molar-refractivity contribution in [3.8, 4) is 0 Å². The highest BCUT2D eigenvalue weighted by Crippen LogP contribution is 2.23. The third-order valence-corrected chi connectivity index (χ3v) is 3.34. The Morgan fingerprint density at radius 2 is 2.25 bits per heavy atom. The molecule has 20 heavy (non-hydrogen) atoms. The smallest absolute Gasteiger partial charge is 0.195 e. The van der Waals surface area contributed by atoms with Gasteiger partial charge in [0.15, 0.2) is 11.5 Å². The molecule has 0 aliphatic rings. The molecule has 0 aliphatic carbocycles. The van der Waals surface area contributed by atoms with E-state index in [2.05, 4.69) is 22.3 Å². The summed E-state index contributed by atoms with van der Waals surface area (Å²) in [5, 5.41) is 7.65. The van der Waals surface area contributed by atoms with Crippen LogP contribution in [0.4, 0.5) is 5.69 Å². The molecule has 0 saturated carbocycles. The summed E-state index contributed by atoms with van der Waals surface area (Å²) in [6, 6.07) is 6.18. The molecule has 0 spiro atoms. The van der Waals surface area contributed by atoms with Crippen LogP contribution in [0.3, 0.4) is 0 Å². The Morgan fingerprint density at radius 1 is 1.40 bits per heavy atom. The molecule has 0 aliphatic heterocycles. The molecule has 2 aromatic heterocycles. The molecule has 3 aromatic rings. The van der Waals surface area contributed by atoms with Crippen molar-refractivity contribution < 1.29 is 4.42 Å². The topological polar surface area (TPSA) is 55.9 Å². The summed E-state index contributed by atoms with van der Waals surface area (Å²) < 4.78 is 7.42. The number of fused-ring (bicyclic) bond motifs is 1. The first-order chi connectivity index (χ1) is 9.65. The summed E-state index contributed by atoms with van der Waals surface area (Å²) in [6.07, 6.45) is 4.70. The Balaban J connectivity index is 1.83. The van der Waals surface area contributed by atoms with Crippen LogP contribution >= 0.6 is 0 Å². The fourth-order valence-electron chi connectivity index (χ4n) is 2.21. The van der Waals surface area contributed by atoms with E-state index in [0.29, 0.717) is 0 Å². The lowest BCUT2D eigenvalue weighted by molar-refractivity contribution is 0.538. The van der Waals surface area contributed by atoms with Crippen LogP contribution in [-0.2, 0) is 13.5 Å². The van der Waals surface area contributed by atoms with Crippen LogP contribution in [0.5, 0.6) is 0 Å². The first-order valence-corrected chi connectivity index (χ1v) is 6.80. The molecule has 104 valence electrons. The summed E-state index contributed by atoms with van der Waals surface area (Å²) in [6.45, 7) is 4.15. The quantitative estimate of drug-likeness (QED) is 0.790. The highest BCUT2D eigenvalue weighted by Gasteiger charge is 2.09. The van der Waals surface area contributed by atoms with E-state index in [1.807, 2.05) is 49.2 Å². The third-order valence-electron chi connectivity index (χ3n) is 3.34. The zero-order valence-electron chi connectivity index (χ0n) is 11.9. The Bertz CT molecular complexity index is 728. The molecule has 1 aromatic carbocycles. The van der Waals surface area contributed by atoms with Crippen LogP contribution in [-0.4, -0.2) is 14.8 Å². The average Bonchev–Trinajstić information content (AvgIpc) is 3.03. The van der Waals surface area contributed by atoms with E-state index in [-0.39, 0.29) is 6.04 Å². The van der Waals surface area contributed by atoms with E-state index in [9.17, 15) is 0 Å². The van der Waals surface area contributed by atoms with Gasteiger partial charge in [0.2, 0.25) is 0 Å². The van der Waals surface area contributed by atoms with Crippen LogP contribution in [0.25, 0.3) is 11.1 Å². The number of anilines is 1. The second kappa shape index (κ2) is 5.00. The van der Waals surface area contributed by atoms with Gasteiger partial charge in [-0.05, 0) is 25.1 Å². The molecule has 0 amide bonds. The number of oxazole rings is 1. The Labute approximate surface area is 117 Å². The van der Waals surface area contributed by atoms with Crippen molar-refractivity contribution in [2.45, 2.75) is 26.3 Å². The molecule has 5 heteroatoms. The number of benzene rings is 1. The lowest BCUT2D eigenvalue weighted by atomic mass is 10.2. The van der Waals surface area contributed by atoms with Crippen molar-refractivity contribution in [3.63, 3.8) is 0 Å². The van der Waals surface area contributed by atoms with Crippen molar-refractivity contribution in [3.05, 3.63) is 42.0 Å². The number of nitrogens with zero attached hydrogens (tertiary/aromatic N) is 3. The van der Waals surface area contributed by atoms with Gasteiger partial charge in [0.05, 0.1) is 12.2 Å². The first-order valence-electron chi connectivity index (χ1n) is 6.80. The summed E-state index contributed by atoms with van der Waals surface area (Å²) in [4.78, 5) is 4.45. The minimum absolute atomic E-state index is 0.193. The summed E-state index contributed by atoms with van der Waals surface area (Å²) in [5.41, 5.74) is 3.92. The molecule has 5 nitrogen and oxygen atoms in total. The van der Waals surface area contributed by atoms with E-state index < -0.39 is 0 Å². The molecule has 0 saturated heterocycles. The highest BCUT2D eigenvalue weighted by molar-refractivity contribution is 5.77. The van der Waals surface area contributed by atoms with Gasteiger partial charge in [0.25, 0.3) is 0 Å². The van der Waals surface area contributed by atoms with Gasteiger partial charge in [-0.1, -0.05) is 6.92 Å². The lowest BCUT2D eigenvalue weighted by Crippen LogP contribution is -2.05. The predicted molar refractivity (Wildman–Crippen MR) is 78.6 cm³/mol. The molecule has 0 fully saturated rings. The molecule has 0 bridgehead atoms. The molecular formula is C15H18N4O. The van der Waals surface area contributed by atoms with Crippen molar-refractivity contribution >= 4 is 16.8 Å². The van der Waals surface area contributed by atoms with Crippen molar-refractivity contribution in [1.29, 1.82) is 0 Å². The molecule has 0 radical (unpaired) electrons. The number of rotatable bonds is 4. The van der Waals surface area contributed by atoms with Gasteiger partial charge in [0, 0.05) is 30.9 Å². The van der Waals surface area contributed by atoms with Crippen molar-refractivity contribution in [1.82, 2.24) is 14.8 Å². The summed E-state index contributed by atoms with van der Waals surface area (Å²) >= 11 is 0. The number of aryl methyl sites for hydroxylation is 2.